The van der Waals surface area contributed by atoms with Crippen LogP contribution in [0.4, 0.5) is 5.69 Å². The molecule has 0 saturated carbocycles. The highest BCUT2D eigenvalue weighted by atomic mass is 35.5. The van der Waals surface area contributed by atoms with E-state index in [2.05, 4.69) is 39.7 Å². The Balaban J connectivity index is 1.58. The lowest BCUT2D eigenvalue weighted by Crippen LogP contribution is -2.29. The quantitative estimate of drug-likeness (QED) is 0.142. The van der Waals surface area contributed by atoms with Crippen molar-refractivity contribution in [1.29, 1.82) is 0 Å². The van der Waals surface area contributed by atoms with Crippen LogP contribution in [-0.4, -0.2) is 48.1 Å². The van der Waals surface area contributed by atoms with Crippen LogP contribution in [0.3, 0.4) is 0 Å². The van der Waals surface area contributed by atoms with Crippen molar-refractivity contribution < 1.29 is 19.0 Å². The maximum atomic E-state index is 12.0. The average molecular weight is 591 g/mol. The molecule has 2 atom stereocenters. The molecule has 212 valence electrons. The first kappa shape index (κ1) is 28.6. The molecule has 0 amide bonds. The number of aromatic nitrogens is 2. The van der Waals surface area contributed by atoms with Crippen molar-refractivity contribution >= 4 is 40.6 Å². The molecule has 0 bridgehead atoms. The zero-order valence-electron chi connectivity index (χ0n) is 23.3. The Morgan fingerprint density at radius 3 is 2.44 bits per heavy atom. The molecule has 4 aromatic rings. The normalized spacial score (nSPS) is 16.5. The molecular formula is C31H31ClN4O4S. The molecule has 0 spiro atoms. The van der Waals surface area contributed by atoms with Gasteiger partial charge in [-0.15, -0.1) is 0 Å². The summed E-state index contributed by atoms with van der Waals surface area (Å²) in [5.41, 5.74) is 6.31. The fourth-order valence-electron chi connectivity index (χ4n) is 5.29. The molecular weight excluding hydrogens is 560 g/mol. The number of nitrogens with one attached hydrogen (secondary N) is 1. The number of carbonyl (C=O) groups is 1. The number of benzene rings is 2. The average Bonchev–Trinajstić information content (AvgIpc) is 3.48. The number of methoxy groups -OCH3 is 2. The number of anilines is 1. The predicted octanol–water partition coefficient (Wildman–Crippen LogP) is 6.13. The third-order valence-electron chi connectivity index (χ3n) is 7.17. The Bertz CT molecular complexity index is 1560. The van der Waals surface area contributed by atoms with E-state index in [0.717, 1.165) is 34.0 Å². The summed E-state index contributed by atoms with van der Waals surface area (Å²) in [7, 11) is 3.00. The van der Waals surface area contributed by atoms with Crippen LogP contribution in [0, 0.1) is 13.8 Å². The van der Waals surface area contributed by atoms with Gasteiger partial charge >= 0.3 is 5.97 Å². The number of ether oxygens (including phenoxy) is 3. The summed E-state index contributed by atoms with van der Waals surface area (Å²) in [6.45, 7) is 5.02. The van der Waals surface area contributed by atoms with Gasteiger partial charge in [-0.3, -0.25) is 4.98 Å². The van der Waals surface area contributed by atoms with Gasteiger partial charge in [0.15, 0.2) is 5.11 Å². The molecule has 1 aliphatic rings. The second-order valence-electron chi connectivity index (χ2n) is 9.65. The number of thiocarbonyl (C=S) groups is 1. The lowest BCUT2D eigenvalue weighted by molar-refractivity contribution is 0.0600. The van der Waals surface area contributed by atoms with E-state index in [4.69, 9.17) is 38.0 Å². The van der Waals surface area contributed by atoms with Gasteiger partial charge in [0.25, 0.3) is 0 Å². The van der Waals surface area contributed by atoms with E-state index in [0.29, 0.717) is 34.7 Å². The monoisotopic (exact) mass is 590 g/mol. The summed E-state index contributed by atoms with van der Waals surface area (Å²) >= 11 is 12.6. The molecule has 2 aromatic carbocycles. The fourth-order valence-corrected chi connectivity index (χ4v) is 5.86. The number of halogens is 1. The van der Waals surface area contributed by atoms with E-state index in [1.807, 2.05) is 48.5 Å². The van der Waals surface area contributed by atoms with Gasteiger partial charge in [0.1, 0.15) is 12.4 Å². The Hall–Kier alpha value is -3.92. The fraction of sp³-hybridized carbons (Fsp3) is 0.258. The zero-order chi connectivity index (χ0) is 29.1. The zero-order valence-corrected chi connectivity index (χ0v) is 24.8. The highest BCUT2D eigenvalue weighted by Crippen LogP contribution is 2.45. The van der Waals surface area contributed by atoms with Crippen molar-refractivity contribution in [3.63, 3.8) is 0 Å². The molecule has 0 unspecified atom stereocenters. The minimum atomic E-state index is -0.369. The minimum absolute atomic E-state index is 0.212. The molecule has 1 aliphatic heterocycles. The van der Waals surface area contributed by atoms with Crippen molar-refractivity contribution in [2.24, 2.45) is 0 Å². The van der Waals surface area contributed by atoms with Crippen LogP contribution < -0.4 is 15.0 Å². The van der Waals surface area contributed by atoms with Gasteiger partial charge in [0.2, 0.25) is 0 Å². The van der Waals surface area contributed by atoms with Gasteiger partial charge in [-0.05, 0) is 92.3 Å². The summed E-state index contributed by atoms with van der Waals surface area (Å²) in [5.74, 6) is 0.211. The number of carbonyl (C=O) groups excluding carboxylic acids is 1. The van der Waals surface area contributed by atoms with Gasteiger partial charge in [-0.1, -0.05) is 17.7 Å². The number of aryl methyl sites for hydroxylation is 1. The van der Waals surface area contributed by atoms with Crippen LogP contribution in [0.1, 0.15) is 45.1 Å². The van der Waals surface area contributed by atoms with Crippen LogP contribution in [0.25, 0.3) is 5.69 Å². The van der Waals surface area contributed by atoms with E-state index < -0.39 is 0 Å². The Labute approximate surface area is 249 Å². The molecule has 41 heavy (non-hydrogen) atoms. The first-order chi connectivity index (χ1) is 19.8. The highest BCUT2D eigenvalue weighted by molar-refractivity contribution is 7.80. The second kappa shape index (κ2) is 12.3. The minimum Gasteiger partial charge on any atom is -0.490 e. The topological polar surface area (TPSA) is 77.9 Å². The van der Waals surface area contributed by atoms with E-state index >= 15 is 0 Å². The molecule has 3 heterocycles. The van der Waals surface area contributed by atoms with Gasteiger partial charge in [0.05, 0.1) is 42.1 Å². The van der Waals surface area contributed by atoms with Gasteiger partial charge < -0.3 is 29.0 Å². The number of nitrogens with zero attached hydrogens (tertiary/aromatic N) is 3. The smallest absolute Gasteiger partial charge is 0.337 e. The van der Waals surface area contributed by atoms with Crippen LogP contribution in [0.5, 0.6) is 5.75 Å². The van der Waals surface area contributed by atoms with E-state index in [1.165, 1.54) is 7.11 Å². The molecule has 1 saturated heterocycles. The number of rotatable bonds is 9. The van der Waals surface area contributed by atoms with Crippen LogP contribution in [0.15, 0.2) is 72.9 Å². The van der Waals surface area contributed by atoms with Crippen LogP contribution in [0.2, 0.25) is 5.02 Å². The van der Waals surface area contributed by atoms with Gasteiger partial charge in [-0.2, -0.15) is 0 Å². The lowest BCUT2D eigenvalue weighted by Gasteiger charge is -2.28. The summed E-state index contributed by atoms with van der Waals surface area (Å²) in [4.78, 5) is 18.7. The molecule has 0 aliphatic carbocycles. The third-order valence-corrected chi connectivity index (χ3v) is 7.78. The Morgan fingerprint density at radius 1 is 1.02 bits per heavy atom. The maximum absolute atomic E-state index is 12.0. The lowest BCUT2D eigenvalue weighted by atomic mass is 9.96. The van der Waals surface area contributed by atoms with E-state index in [9.17, 15) is 4.79 Å². The first-order valence-corrected chi connectivity index (χ1v) is 13.9. The molecule has 1 N–H and O–H groups in total. The maximum Gasteiger partial charge on any atom is 0.337 e. The SMILES string of the molecule is COCCOc1ccc(N2C(=S)N[C@@H](c3ccccn3)[C@@H]2c2cc(C)n(-c3ccc(C(=O)OC)cc3)c2C)cc1Cl. The molecule has 0 radical (unpaired) electrons. The van der Waals surface area contributed by atoms with Crippen molar-refractivity contribution in [3.05, 3.63) is 106 Å². The highest BCUT2D eigenvalue weighted by Gasteiger charge is 2.42. The largest absolute Gasteiger partial charge is 0.490 e. The molecule has 5 rings (SSSR count). The summed E-state index contributed by atoms with van der Waals surface area (Å²) in [6.07, 6.45) is 1.79. The number of hydrogen-bond acceptors (Lipinski definition) is 6. The molecule has 8 nitrogen and oxygen atoms in total. The van der Waals surface area contributed by atoms with E-state index in [1.54, 1.807) is 25.4 Å². The van der Waals surface area contributed by atoms with Crippen molar-refractivity contribution in [1.82, 2.24) is 14.9 Å². The molecule has 1 fully saturated rings. The number of pyridine rings is 1. The Kier molecular flexibility index (Phi) is 8.58. The molecule has 10 heteroatoms. The van der Waals surface area contributed by atoms with Crippen molar-refractivity contribution in [3.8, 4) is 11.4 Å². The summed E-state index contributed by atoms with van der Waals surface area (Å²) in [5, 5.41) is 4.56. The standard InChI is InChI=1S/C31H31ClN4O4S/c1-19-17-24(20(2)35(19)22-10-8-21(9-11-22)30(37)39-4)29-28(26-7-5-6-14-33-26)34-31(41)36(29)23-12-13-27(25(32)18-23)40-16-15-38-3/h5-14,17-18,28-29H,15-16H2,1-4H3,(H,34,41)/t28-,29-/m0/s1. The predicted molar refractivity (Wildman–Crippen MR) is 163 cm³/mol. The van der Waals surface area contributed by atoms with Gasteiger partial charge in [-0.25, -0.2) is 4.79 Å². The summed E-state index contributed by atoms with van der Waals surface area (Å²) < 4.78 is 17.9. The van der Waals surface area contributed by atoms with Crippen LogP contribution >= 0.6 is 23.8 Å². The molecule has 2 aromatic heterocycles. The second-order valence-corrected chi connectivity index (χ2v) is 10.4. The Morgan fingerprint density at radius 2 is 1.78 bits per heavy atom. The van der Waals surface area contributed by atoms with Gasteiger partial charge in [0, 0.05) is 36.1 Å². The van der Waals surface area contributed by atoms with Crippen molar-refractivity contribution in [2.75, 3.05) is 32.3 Å². The number of esters is 1. The third kappa shape index (κ3) is 5.66. The first-order valence-electron chi connectivity index (χ1n) is 13.1. The summed E-state index contributed by atoms with van der Waals surface area (Å²) in [6, 6.07) is 20.7. The van der Waals surface area contributed by atoms with Crippen LogP contribution in [-0.2, 0) is 9.47 Å². The number of hydrogen-bond donors (Lipinski definition) is 1. The van der Waals surface area contributed by atoms with E-state index in [-0.39, 0.29) is 18.1 Å². The van der Waals surface area contributed by atoms with Crippen molar-refractivity contribution in [2.45, 2.75) is 25.9 Å².